The molecular formula is C27H32N2O4S2. The number of nitrogens with one attached hydrogen (secondary N) is 2. The van der Waals surface area contributed by atoms with Crippen molar-refractivity contribution in [2.45, 2.75) is 59.3 Å². The van der Waals surface area contributed by atoms with Crippen LogP contribution in [0.1, 0.15) is 51.5 Å². The van der Waals surface area contributed by atoms with E-state index in [-0.39, 0.29) is 23.2 Å². The van der Waals surface area contributed by atoms with Gasteiger partial charge in [0.15, 0.2) is 10.7 Å². The van der Waals surface area contributed by atoms with Crippen LogP contribution in [-0.2, 0) is 26.4 Å². The third-order valence-electron chi connectivity index (χ3n) is 5.09. The number of thiophene rings is 1. The molecular weight excluding hydrogens is 480 g/mol. The van der Waals surface area contributed by atoms with E-state index in [0.29, 0.717) is 6.42 Å². The molecule has 0 fully saturated rings. The van der Waals surface area contributed by atoms with Gasteiger partial charge in [-0.3, -0.25) is 5.32 Å². The third-order valence-corrected chi connectivity index (χ3v) is 6.57. The molecule has 0 aliphatic heterocycles. The van der Waals surface area contributed by atoms with Crippen LogP contribution in [0, 0.1) is 5.41 Å². The molecule has 0 bridgehead atoms. The van der Waals surface area contributed by atoms with E-state index in [1.807, 2.05) is 95.3 Å². The van der Waals surface area contributed by atoms with E-state index in [2.05, 4.69) is 10.6 Å². The molecule has 2 aromatic carbocycles. The highest BCUT2D eigenvalue weighted by Gasteiger charge is 2.47. The predicted molar refractivity (Wildman–Crippen MR) is 144 cm³/mol. The van der Waals surface area contributed by atoms with Gasteiger partial charge in [-0.25, -0.2) is 9.59 Å². The molecule has 0 radical (unpaired) electrons. The summed E-state index contributed by atoms with van der Waals surface area (Å²) in [6, 6.07) is 19.3. The first kappa shape index (κ1) is 26.6. The summed E-state index contributed by atoms with van der Waals surface area (Å²) in [5, 5.41) is 6.72. The average Bonchev–Trinajstić information content (AvgIpc) is 3.21. The molecule has 0 saturated heterocycles. The van der Waals surface area contributed by atoms with Crippen LogP contribution in [0.5, 0.6) is 0 Å². The fraction of sp³-hybridized carbons (Fsp3) is 0.370. The van der Waals surface area contributed by atoms with E-state index in [4.69, 9.17) is 21.7 Å². The Kier molecular flexibility index (Phi) is 8.51. The SMILES string of the molecule is CC(C)OC(=O)[C@](CC(C)(C)C)(NC(=S)NC(=O)OCc1ccccc1)c1cc2ccccc2s1. The number of benzene rings is 2. The number of thiocarbonyl (C=S) groups is 1. The van der Waals surface area contributed by atoms with Crippen molar-refractivity contribution < 1.29 is 19.1 Å². The molecule has 1 amide bonds. The van der Waals surface area contributed by atoms with Crippen molar-refractivity contribution in [2.75, 3.05) is 0 Å². The molecule has 0 aliphatic carbocycles. The van der Waals surface area contributed by atoms with Gasteiger partial charge in [0.1, 0.15) is 6.61 Å². The average molecular weight is 513 g/mol. The Hall–Kier alpha value is -2.97. The maximum absolute atomic E-state index is 13.7. The Morgan fingerprint density at radius 3 is 2.31 bits per heavy atom. The number of alkyl carbamates (subject to hydrolysis) is 1. The molecule has 35 heavy (non-hydrogen) atoms. The Balaban J connectivity index is 1.90. The van der Waals surface area contributed by atoms with Crippen molar-refractivity contribution in [1.82, 2.24) is 10.6 Å². The smallest absolute Gasteiger partial charge is 0.413 e. The van der Waals surface area contributed by atoms with Gasteiger partial charge in [0.25, 0.3) is 0 Å². The Bertz CT molecular complexity index is 1150. The van der Waals surface area contributed by atoms with Gasteiger partial charge in [-0.2, -0.15) is 0 Å². The van der Waals surface area contributed by atoms with E-state index in [1.54, 1.807) is 0 Å². The topological polar surface area (TPSA) is 76.7 Å². The number of esters is 1. The standard InChI is InChI=1S/C27H32N2O4S2/c1-18(2)33-23(30)27(17-26(3,4)5,22-15-20-13-9-10-14-21(20)35-22)29-24(34)28-25(31)32-16-19-11-7-6-8-12-19/h6-15,18H,16-17H2,1-5H3,(H2,28,29,31,34)/t27-/m1/s1. The summed E-state index contributed by atoms with van der Waals surface area (Å²) in [4.78, 5) is 26.9. The summed E-state index contributed by atoms with van der Waals surface area (Å²) >= 11 is 6.99. The number of carbonyl (C=O) groups is 2. The number of hydrogen-bond donors (Lipinski definition) is 2. The number of carbonyl (C=O) groups excluding carboxylic acids is 2. The van der Waals surface area contributed by atoms with Crippen molar-refractivity contribution >= 4 is 50.8 Å². The molecule has 1 heterocycles. The van der Waals surface area contributed by atoms with E-state index in [1.165, 1.54) is 11.3 Å². The lowest BCUT2D eigenvalue weighted by molar-refractivity contribution is -0.156. The number of hydrogen-bond acceptors (Lipinski definition) is 6. The molecule has 0 spiro atoms. The molecule has 0 saturated carbocycles. The second-order valence-electron chi connectivity index (χ2n) is 9.89. The lowest BCUT2D eigenvalue weighted by atomic mass is 9.78. The minimum atomic E-state index is -1.30. The van der Waals surface area contributed by atoms with Gasteiger partial charge >= 0.3 is 12.1 Å². The van der Waals surface area contributed by atoms with Gasteiger partial charge in [0.05, 0.1) is 6.10 Å². The highest BCUT2D eigenvalue weighted by atomic mass is 32.1. The molecule has 0 unspecified atom stereocenters. The molecule has 2 N–H and O–H groups in total. The van der Waals surface area contributed by atoms with Crippen molar-refractivity contribution in [3.8, 4) is 0 Å². The van der Waals surface area contributed by atoms with Crippen LogP contribution in [0.15, 0.2) is 60.7 Å². The maximum atomic E-state index is 13.7. The zero-order valence-corrected chi connectivity index (χ0v) is 22.3. The van der Waals surface area contributed by atoms with E-state index in [9.17, 15) is 9.59 Å². The van der Waals surface area contributed by atoms with Crippen LogP contribution < -0.4 is 10.6 Å². The number of fused-ring (bicyclic) bond motifs is 1. The summed E-state index contributed by atoms with van der Waals surface area (Å²) in [5.74, 6) is -0.448. The fourth-order valence-corrected chi connectivity index (χ4v) is 5.25. The lowest BCUT2D eigenvalue weighted by Crippen LogP contribution is -2.57. The zero-order valence-electron chi connectivity index (χ0n) is 20.7. The van der Waals surface area contributed by atoms with Crippen LogP contribution >= 0.6 is 23.6 Å². The van der Waals surface area contributed by atoms with Gasteiger partial charge in [-0.05, 0) is 61.0 Å². The summed E-state index contributed by atoms with van der Waals surface area (Å²) < 4.78 is 12.1. The van der Waals surface area contributed by atoms with Gasteiger partial charge < -0.3 is 14.8 Å². The fourth-order valence-electron chi connectivity index (χ4n) is 3.80. The first-order valence-electron chi connectivity index (χ1n) is 11.5. The molecule has 6 nitrogen and oxygen atoms in total. The van der Waals surface area contributed by atoms with Gasteiger partial charge in [-0.1, -0.05) is 69.3 Å². The molecule has 3 aromatic rings. The maximum Gasteiger partial charge on any atom is 0.413 e. The van der Waals surface area contributed by atoms with Crippen LogP contribution in [0.25, 0.3) is 10.1 Å². The largest absolute Gasteiger partial charge is 0.461 e. The van der Waals surface area contributed by atoms with Gasteiger partial charge in [-0.15, -0.1) is 11.3 Å². The number of amides is 1. The van der Waals surface area contributed by atoms with Crippen molar-refractivity contribution in [2.24, 2.45) is 5.41 Å². The summed E-state index contributed by atoms with van der Waals surface area (Å²) in [6.07, 6.45) is -0.640. The van der Waals surface area contributed by atoms with Crippen LogP contribution in [0.4, 0.5) is 4.79 Å². The zero-order chi connectivity index (χ0) is 25.6. The molecule has 1 atom stereocenters. The molecule has 3 rings (SSSR count). The molecule has 8 heteroatoms. The van der Waals surface area contributed by atoms with Gasteiger partial charge in [0.2, 0.25) is 0 Å². The summed E-state index contributed by atoms with van der Waals surface area (Å²) in [6.45, 7) is 9.86. The quantitative estimate of drug-likeness (QED) is 0.286. The second kappa shape index (κ2) is 11.2. The minimum Gasteiger partial charge on any atom is -0.461 e. The van der Waals surface area contributed by atoms with E-state index in [0.717, 1.165) is 20.5 Å². The molecule has 1 aromatic heterocycles. The third kappa shape index (κ3) is 7.26. The van der Waals surface area contributed by atoms with Gasteiger partial charge in [0, 0.05) is 9.58 Å². The van der Waals surface area contributed by atoms with Crippen LogP contribution in [-0.4, -0.2) is 23.3 Å². The van der Waals surface area contributed by atoms with Crippen molar-refractivity contribution in [3.05, 3.63) is 71.1 Å². The Labute approximate surface area is 216 Å². The predicted octanol–water partition coefficient (Wildman–Crippen LogP) is 6.29. The van der Waals surface area contributed by atoms with Crippen molar-refractivity contribution in [3.63, 3.8) is 0 Å². The first-order chi connectivity index (χ1) is 16.5. The first-order valence-corrected chi connectivity index (χ1v) is 12.7. The van der Waals surface area contributed by atoms with Crippen LogP contribution in [0.2, 0.25) is 0 Å². The second-order valence-corrected chi connectivity index (χ2v) is 11.4. The van der Waals surface area contributed by atoms with Crippen LogP contribution in [0.3, 0.4) is 0 Å². The molecule has 186 valence electrons. The monoisotopic (exact) mass is 512 g/mol. The summed E-state index contributed by atoms with van der Waals surface area (Å²) in [5.41, 5.74) is -0.715. The highest BCUT2D eigenvalue weighted by molar-refractivity contribution is 7.80. The lowest BCUT2D eigenvalue weighted by Gasteiger charge is -2.38. The number of rotatable bonds is 7. The number of ether oxygens (including phenoxy) is 2. The van der Waals surface area contributed by atoms with E-state index >= 15 is 0 Å². The Morgan fingerprint density at radius 1 is 1.03 bits per heavy atom. The van der Waals surface area contributed by atoms with E-state index < -0.39 is 17.6 Å². The minimum absolute atomic E-state index is 0.00882. The van der Waals surface area contributed by atoms with Crippen molar-refractivity contribution in [1.29, 1.82) is 0 Å². The highest BCUT2D eigenvalue weighted by Crippen LogP contribution is 2.41. The summed E-state index contributed by atoms with van der Waals surface area (Å²) in [7, 11) is 0. The molecule has 0 aliphatic rings. The normalized spacial score (nSPS) is 13.2. The Morgan fingerprint density at radius 2 is 1.69 bits per heavy atom.